The molecule has 0 radical (unpaired) electrons. The Balaban J connectivity index is 1.75. The van der Waals surface area contributed by atoms with Crippen molar-refractivity contribution in [3.63, 3.8) is 0 Å². The largest absolute Gasteiger partial charge is 0.357 e. The molecule has 3 amide bonds. The summed E-state index contributed by atoms with van der Waals surface area (Å²) in [7, 11) is 2.65. The van der Waals surface area contributed by atoms with Crippen LogP contribution in [0.3, 0.4) is 0 Å². The van der Waals surface area contributed by atoms with Crippen molar-refractivity contribution in [3.8, 4) is 11.8 Å². The lowest BCUT2D eigenvalue weighted by atomic mass is 9.96. The molecule has 1 fully saturated rings. The Morgan fingerprint density at radius 3 is 1.94 bits per heavy atom. The highest BCUT2D eigenvalue weighted by atomic mass is 16.5. The molecule has 1 atom stereocenters. The predicted molar refractivity (Wildman–Crippen MR) is 118 cm³/mol. The van der Waals surface area contributed by atoms with Crippen LogP contribution in [0.4, 0.5) is 0 Å². The van der Waals surface area contributed by atoms with Gasteiger partial charge in [0.2, 0.25) is 0 Å². The fourth-order valence-corrected chi connectivity index (χ4v) is 3.31. The number of nitrogens with zero attached hydrogens (tertiary/aromatic N) is 1. The Morgan fingerprint density at radius 1 is 1.00 bits per heavy atom. The van der Waals surface area contributed by atoms with Crippen LogP contribution in [0.5, 0.6) is 0 Å². The summed E-state index contributed by atoms with van der Waals surface area (Å²) in [6.07, 6.45) is 2.01. The fourth-order valence-electron chi connectivity index (χ4n) is 3.31. The number of carbonyl (C=O) groups excluding carboxylic acids is 3. The third-order valence-corrected chi connectivity index (χ3v) is 5.92. The van der Waals surface area contributed by atoms with Gasteiger partial charge in [0.15, 0.2) is 5.54 Å². The Kier molecular flexibility index (Phi) is 6.35. The van der Waals surface area contributed by atoms with E-state index in [1.807, 2.05) is 24.3 Å². The van der Waals surface area contributed by atoms with Crippen LogP contribution in [0.25, 0.3) is 0 Å². The second-order valence-electron chi connectivity index (χ2n) is 8.02. The van der Waals surface area contributed by atoms with Crippen LogP contribution >= 0.6 is 0 Å². The zero-order chi connectivity index (χ0) is 23.5. The van der Waals surface area contributed by atoms with Gasteiger partial charge in [0, 0.05) is 36.3 Å². The van der Waals surface area contributed by atoms with Crippen molar-refractivity contribution in [2.75, 3.05) is 14.1 Å². The number of nitrogens with two attached hydrogens (primary N) is 1. The quantitative estimate of drug-likeness (QED) is 0.243. The Morgan fingerprint density at radius 2 is 1.50 bits per heavy atom. The average molecular weight is 434 g/mol. The average Bonchev–Trinajstić information content (AvgIpc) is 3.59. The number of likely N-dealkylation sites (N-methyl/N-ethyl adjacent to an activating group) is 2. The summed E-state index contributed by atoms with van der Waals surface area (Å²) in [5, 5.41) is 11.4. The van der Waals surface area contributed by atoms with Crippen LogP contribution in [0.15, 0.2) is 48.5 Å². The second-order valence-corrected chi connectivity index (χ2v) is 8.02. The first-order valence-electron chi connectivity index (χ1n) is 10.1. The summed E-state index contributed by atoms with van der Waals surface area (Å²) in [6, 6.07) is 14.4. The predicted octanol–water partition coefficient (Wildman–Crippen LogP) is 1.12. The summed E-state index contributed by atoms with van der Waals surface area (Å²) < 4.78 is 0. The molecule has 1 aliphatic carbocycles. The van der Waals surface area contributed by atoms with Crippen molar-refractivity contribution in [1.29, 1.82) is 0 Å². The monoisotopic (exact) mass is 434 g/mol. The van der Waals surface area contributed by atoms with E-state index in [0.717, 1.165) is 28.9 Å². The van der Waals surface area contributed by atoms with E-state index >= 15 is 0 Å². The van der Waals surface area contributed by atoms with Crippen molar-refractivity contribution < 1.29 is 19.6 Å². The van der Waals surface area contributed by atoms with Gasteiger partial charge < -0.3 is 16.0 Å². The lowest BCUT2D eigenvalue weighted by Gasteiger charge is -2.34. The van der Waals surface area contributed by atoms with Crippen LogP contribution in [-0.2, 0) is 15.1 Å². The third kappa shape index (κ3) is 4.35. The Bertz CT molecular complexity index is 1080. The molecule has 2 aromatic carbocycles. The number of hydroxylamine groups is 1. The Labute approximate surface area is 186 Å². The molecular weight excluding hydrogens is 408 g/mol. The molecule has 0 spiro atoms. The van der Waals surface area contributed by atoms with Crippen molar-refractivity contribution in [2.45, 2.75) is 30.8 Å². The van der Waals surface area contributed by atoms with Crippen LogP contribution in [0.1, 0.15) is 46.8 Å². The van der Waals surface area contributed by atoms with Crippen LogP contribution in [-0.4, -0.2) is 47.5 Å². The van der Waals surface area contributed by atoms with Gasteiger partial charge >= 0.3 is 0 Å². The van der Waals surface area contributed by atoms with E-state index in [-0.39, 0.29) is 11.1 Å². The molecule has 0 unspecified atom stereocenters. The lowest BCUT2D eigenvalue weighted by molar-refractivity contribution is -0.148. The lowest BCUT2D eigenvalue weighted by Crippen LogP contribution is -2.64. The molecule has 3 rings (SSSR count). The van der Waals surface area contributed by atoms with E-state index in [0.29, 0.717) is 5.56 Å². The minimum absolute atomic E-state index is 0.173. The first-order chi connectivity index (χ1) is 15.2. The maximum absolute atomic E-state index is 12.9. The molecule has 0 bridgehead atoms. The molecule has 166 valence electrons. The highest BCUT2D eigenvalue weighted by Gasteiger charge is 2.47. The fraction of sp³-hybridized carbons (Fsp3) is 0.292. The van der Waals surface area contributed by atoms with Crippen LogP contribution < -0.4 is 16.5 Å². The van der Waals surface area contributed by atoms with Gasteiger partial charge in [-0.2, -0.15) is 0 Å². The van der Waals surface area contributed by atoms with E-state index in [9.17, 15) is 14.4 Å². The van der Waals surface area contributed by atoms with E-state index < -0.39 is 23.3 Å². The van der Waals surface area contributed by atoms with Gasteiger partial charge in [-0.1, -0.05) is 24.0 Å². The number of amides is 3. The minimum atomic E-state index is -1.94. The normalized spacial score (nSPS) is 15.4. The smallest absolute Gasteiger partial charge is 0.278 e. The number of nitrogens with one attached hydrogen (secondary N) is 2. The molecule has 0 aromatic heterocycles. The minimum Gasteiger partial charge on any atom is -0.357 e. The molecule has 0 saturated heterocycles. The molecule has 8 nitrogen and oxygen atoms in total. The number of hydrogen-bond acceptors (Lipinski definition) is 5. The van der Waals surface area contributed by atoms with Gasteiger partial charge in [0.25, 0.3) is 17.7 Å². The zero-order valence-electron chi connectivity index (χ0n) is 18.2. The molecule has 0 heterocycles. The molecule has 2 aromatic rings. The van der Waals surface area contributed by atoms with Gasteiger partial charge in [-0.05, 0) is 61.7 Å². The van der Waals surface area contributed by atoms with E-state index in [1.54, 1.807) is 24.3 Å². The van der Waals surface area contributed by atoms with Crippen molar-refractivity contribution in [3.05, 3.63) is 70.8 Å². The first-order valence-corrected chi connectivity index (χ1v) is 10.1. The maximum atomic E-state index is 12.9. The highest BCUT2D eigenvalue weighted by Crippen LogP contribution is 2.42. The number of benzene rings is 2. The SMILES string of the molecule is CNC(=O)[C@@](C)(C(=O)NO)N(C)C(=O)c1ccc(C#Cc2ccc(C3(N)CC3)cc2)cc1. The summed E-state index contributed by atoms with van der Waals surface area (Å²) in [6.45, 7) is 1.25. The number of hydrogen-bond donors (Lipinski definition) is 4. The molecule has 1 saturated carbocycles. The third-order valence-electron chi connectivity index (χ3n) is 5.92. The van der Waals surface area contributed by atoms with E-state index in [4.69, 9.17) is 10.9 Å². The van der Waals surface area contributed by atoms with Gasteiger partial charge in [0.1, 0.15) is 0 Å². The molecular formula is C24H26N4O4. The summed E-state index contributed by atoms with van der Waals surface area (Å²) in [5.74, 6) is 3.80. The zero-order valence-corrected chi connectivity index (χ0v) is 18.2. The van der Waals surface area contributed by atoms with Crippen LogP contribution in [0.2, 0.25) is 0 Å². The highest BCUT2D eigenvalue weighted by molar-refractivity contribution is 6.12. The standard InChI is InChI=1S/C24H26N4O4/c1-23(21(30)26-2,22(31)27-32)28(3)20(29)18-10-6-16(7-11-18)4-5-17-8-12-19(13-9-17)24(25)14-15-24/h6-13,32H,14-15,25H2,1-3H3,(H,26,30)(H,27,31)/t23-/m0/s1. The summed E-state index contributed by atoms with van der Waals surface area (Å²) in [5.41, 5.74) is 8.47. The van der Waals surface area contributed by atoms with Crippen molar-refractivity contribution in [2.24, 2.45) is 5.73 Å². The van der Waals surface area contributed by atoms with E-state index in [1.165, 1.54) is 26.5 Å². The van der Waals surface area contributed by atoms with Crippen molar-refractivity contribution in [1.82, 2.24) is 15.7 Å². The maximum Gasteiger partial charge on any atom is 0.278 e. The number of rotatable bonds is 5. The van der Waals surface area contributed by atoms with Crippen molar-refractivity contribution >= 4 is 17.7 Å². The van der Waals surface area contributed by atoms with Gasteiger partial charge in [-0.15, -0.1) is 0 Å². The molecule has 8 heteroatoms. The molecule has 1 aliphatic rings. The second kappa shape index (κ2) is 8.83. The van der Waals surface area contributed by atoms with Gasteiger partial charge in [-0.3, -0.25) is 19.6 Å². The molecule has 5 N–H and O–H groups in total. The topological polar surface area (TPSA) is 125 Å². The molecule has 0 aliphatic heterocycles. The van der Waals surface area contributed by atoms with E-state index in [2.05, 4.69) is 17.2 Å². The van der Waals surface area contributed by atoms with Gasteiger partial charge in [-0.25, -0.2) is 5.48 Å². The van der Waals surface area contributed by atoms with Crippen LogP contribution in [0, 0.1) is 11.8 Å². The Hall–Kier alpha value is -3.67. The molecule has 32 heavy (non-hydrogen) atoms. The van der Waals surface area contributed by atoms with Gasteiger partial charge in [0.05, 0.1) is 0 Å². The summed E-state index contributed by atoms with van der Waals surface area (Å²) in [4.78, 5) is 38.2. The first kappa shape index (κ1) is 23.0. The number of carbonyl (C=O) groups is 3. The summed E-state index contributed by atoms with van der Waals surface area (Å²) >= 11 is 0.